The third-order valence-electron chi connectivity index (χ3n) is 2.90. The zero-order valence-corrected chi connectivity index (χ0v) is 10.1. The standard InChI is InChI=1S/C12H17N3O2/c1-8-3-4-11(14-6-8)15-12(16)10-5-9(17-2)7-13-10/h3-4,6,9-10,13H,5,7H2,1-2H3,(H,14,15,16)/t9-,10+/m1/s1. The predicted octanol–water partition coefficient (Wildman–Crippen LogP) is 0.705. The molecule has 0 bridgehead atoms. The fourth-order valence-corrected chi connectivity index (χ4v) is 1.84. The summed E-state index contributed by atoms with van der Waals surface area (Å²) in [4.78, 5) is 16.0. The van der Waals surface area contributed by atoms with E-state index in [4.69, 9.17) is 4.74 Å². The Labute approximate surface area is 101 Å². The average Bonchev–Trinajstić information content (AvgIpc) is 2.81. The number of hydrogen-bond donors (Lipinski definition) is 2. The first-order chi connectivity index (χ1) is 8.19. The molecule has 0 saturated carbocycles. The van der Waals surface area contributed by atoms with Crippen molar-refractivity contribution in [2.24, 2.45) is 0 Å². The molecule has 1 aliphatic rings. The van der Waals surface area contributed by atoms with Crippen molar-refractivity contribution in [1.82, 2.24) is 10.3 Å². The molecule has 2 atom stereocenters. The topological polar surface area (TPSA) is 63.2 Å². The van der Waals surface area contributed by atoms with Crippen LogP contribution in [0.25, 0.3) is 0 Å². The van der Waals surface area contributed by atoms with E-state index in [1.165, 1.54) is 0 Å². The number of anilines is 1. The molecule has 0 aliphatic carbocycles. The zero-order chi connectivity index (χ0) is 12.3. The van der Waals surface area contributed by atoms with Crippen LogP contribution in [0.2, 0.25) is 0 Å². The number of carbonyl (C=O) groups is 1. The summed E-state index contributed by atoms with van der Waals surface area (Å²) in [6.07, 6.45) is 2.56. The molecule has 1 amide bonds. The molecule has 1 saturated heterocycles. The molecule has 5 heteroatoms. The number of nitrogens with one attached hydrogen (secondary N) is 2. The maximum atomic E-state index is 11.9. The Bertz CT molecular complexity index is 391. The van der Waals surface area contributed by atoms with Crippen molar-refractivity contribution in [3.8, 4) is 0 Å². The molecule has 1 aromatic heterocycles. The van der Waals surface area contributed by atoms with Crippen LogP contribution in [-0.2, 0) is 9.53 Å². The quantitative estimate of drug-likeness (QED) is 0.809. The van der Waals surface area contributed by atoms with Gasteiger partial charge in [-0.05, 0) is 25.0 Å². The van der Waals surface area contributed by atoms with Gasteiger partial charge in [0.1, 0.15) is 5.82 Å². The minimum absolute atomic E-state index is 0.0547. The van der Waals surface area contributed by atoms with E-state index in [0.717, 1.165) is 12.1 Å². The van der Waals surface area contributed by atoms with Crippen molar-refractivity contribution in [3.05, 3.63) is 23.9 Å². The summed E-state index contributed by atoms with van der Waals surface area (Å²) in [5, 5.41) is 5.91. The smallest absolute Gasteiger partial charge is 0.242 e. The second-order valence-corrected chi connectivity index (χ2v) is 4.26. The molecule has 0 radical (unpaired) electrons. The highest BCUT2D eigenvalue weighted by atomic mass is 16.5. The first-order valence-corrected chi connectivity index (χ1v) is 5.68. The molecule has 0 spiro atoms. The van der Waals surface area contributed by atoms with E-state index >= 15 is 0 Å². The van der Waals surface area contributed by atoms with Crippen molar-refractivity contribution in [3.63, 3.8) is 0 Å². The largest absolute Gasteiger partial charge is 0.380 e. The number of carbonyl (C=O) groups excluding carboxylic acids is 1. The lowest BCUT2D eigenvalue weighted by molar-refractivity contribution is -0.118. The van der Waals surface area contributed by atoms with Crippen molar-refractivity contribution >= 4 is 11.7 Å². The highest BCUT2D eigenvalue weighted by molar-refractivity contribution is 5.94. The number of aromatic nitrogens is 1. The van der Waals surface area contributed by atoms with Crippen molar-refractivity contribution in [2.75, 3.05) is 19.0 Å². The van der Waals surface area contributed by atoms with Gasteiger partial charge in [-0.2, -0.15) is 0 Å². The van der Waals surface area contributed by atoms with Crippen LogP contribution in [0.4, 0.5) is 5.82 Å². The summed E-state index contributed by atoms with van der Waals surface area (Å²) in [7, 11) is 1.66. The molecule has 1 fully saturated rings. The maximum absolute atomic E-state index is 11.9. The Hall–Kier alpha value is -1.46. The molecule has 2 rings (SSSR count). The van der Waals surface area contributed by atoms with Crippen LogP contribution in [0.1, 0.15) is 12.0 Å². The van der Waals surface area contributed by atoms with E-state index in [2.05, 4.69) is 15.6 Å². The van der Waals surface area contributed by atoms with Crippen LogP contribution in [0.3, 0.4) is 0 Å². The summed E-state index contributed by atoms with van der Waals surface area (Å²) >= 11 is 0. The van der Waals surface area contributed by atoms with Crippen molar-refractivity contribution < 1.29 is 9.53 Å². The van der Waals surface area contributed by atoms with Gasteiger partial charge in [-0.15, -0.1) is 0 Å². The molecule has 5 nitrogen and oxygen atoms in total. The Morgan fingerprint density at radius 2 is 2.41 bits per heavy atom. The summed E-state index contributed by atoms with van der Waals surface area (Å²) in [6, 6.07) is 3.53. The molecule has 2 N–H and O–H groups in total. The van der Waals surface area contributed by atoms with Gasteiger partial charge in [0.15, 0.2) is 0 Å². The molecular formula is C12H17N3O2. The number of aryl methyl sites for hydroxylation is 1. The lowest BCUT2D eigenvalue weighted by Gasteiger charge is -2.10. The summed E-state index contributed by atoms with van der Waals surface area (Å²) < 4.78 is 5.20. The van der Waals surface area contributed by atoms with Gasteiger partial charge in [-0.25, -0.2) is 4.98 Å². The summed E-state index contributed by atoms with van der Waals surface area (Å²) in [6.45, 7) is 2.68. The van der Waals surface area contributed by atoms with Crippen molar-refractivity contribution in [1.29, 1.82) is 0 Å². The summed E-state index contributed by atoms with van der Waals surface area (Å²) in [5.74, 6) is 0.532. The number of methoxy groups -OCH3 is 1. The zero-order valence-electron chi connectivity index (χ0n) is 10.1. The summed E-state index contributed by atoms with van der Waals surface area (Å²) in [5.41, 5.74) is 1.07. The lowest BCUT2D eigenvalue weighted by Crippen LogP contribution is -2.35. The first-order valence-electron chi connectivity index (χ1n) is 5.68. The minimum Gasteiger partial charge on any atom is -0.380 e. The van der Waals surface area contributed by atoms with Gasteiger partial charge >= 0.3 is 0 Å². The third-order valence-corrected chi connectivity index (χ3v) is 2.90. The van der Waals surface area contributed by atoms with E-state index in [-0.39, 0.29) is 18.1 Å². The van der Waals surface area contributed by atoms with E-state index in [9.17, 15) is 4.79 Å². The SMILES string of the molecule is CO[C@H]1CN[C@H](C(=O)Nc2ccc(C)cn2)C1. The molecule has 1 aliphatic heterocycles. The van der Waals surface area contributed by atoms with Crippen LogP contribution in [0.5, 0.6) is 0 Å². The van der Waals surface area contributed by atoms with Crippen LogP contribution in [0, 0.1) is 6.92 Å². The molecule has 0 aromatic carbocycles. The number of nitrogens with zero attached hydrogens (tertiary/aromatic N) is 1. The van der Waals surface area contributed by atoms with E-state index < -0.39 is 0 Å². The minimum atomic E-state index is -0.192. The second kappa shape index (κ2) is 5.25. The number of ether oxygens (including phenoxy) is 1. The molecule has 1 aromatic rings. The fourth-order valence-electron chi connectivity index (χ4n) is 1.84. The molecule has 92 valence electrons. The Morgan fingerprint density at radius 3 is 3.00 bits per heavy atom. The van der Waals surface area contributed by atoms with E-state index in [1.54, 1.807) is 19.4 Å². The second-order valence-electron chi connectivity index (χ2n) is 4.26. The predicted molar refractivity (Wildman–Crippen MR) is 64.8 cm³/mol. The normalized spacial score (nSPS) is 23.6. The Balaban J connectivity index is 1.91. The van der Waals surface area contributed by atoms with Crippen LogP contribution in [-0.4, -0.2) is 36.7 Å². The van der Waals surface area contributed by atoms with Gasteiger partial charge < -0.3 is 15.4 Å². The van der Waals surface area contributed by atoms with Gasteiger partial charge in [0, 0.05) is 19.9 Å². The van der Waals surface area contributed by atoms with Gasteiger partial charge in [-0.3, -0.25) is 4.79 Å². The number of pyridine rings is 1. The molecule has 0 unspecified atom stereocenters. The average molecular weight is 235 g/mol. The highest BCUT2D eigenvalue weighted by Gasteiger charge is 2.29. The van der Waals surface area contributed by atoms with Crippen LogP contribution < -0.4 is 10.6 Å². The number of amides is 1. The van der Waals surface area contributed by atoms with Gasteiger partial charge in [-0.1, -0.05) is 6.07 Å². The molecular weight excluding hydrogens is 218 g/mol. The maximum Gasteiger partial charge on any atom is 0.242 e. The fraction of sp³-hybridized carbons (Fsp3) is 0.500. The van der Waals surface area contributed by atoms with E-state index in [0.29, 0.717) is 12.2 Å². The Kier molecular flexibility index (Phi) is 3.71. The van der Waals surface area contributed by atoms with Gasteiger partial charge in [0.25, 0.3) is 0 Å². The van der Waals surface area contributed by atoms with Gasteiger partial charge in [0.2, 0.25) is 5.91 Å². The van der Waals surface area contributed by atoms with Crippen LogP contribution in [0.15, 0.2) is 18.3 Å². The molecule has 2 heterocycles. The molecule has 17 heavy (non-hydrogen) atoms. The lowest BCUT2D eigenvalue weighted by atomic mass is 10.2. The van der Waals surface area contributed by atoms with Crippen LogP contribution >= 0.6 is 0 Å². The van der Waals surface area contributed by atoms with Gasteiger partial charge in [0.05, 0.1) is 12.1 Å². The number of hydrogen-bond acceptors (Lipinski definition) is 4. The first kappa shape index (κ1) is 12.0. The third kappa shape index (κ3) is 3.01. The number of rotatable bonds is 3. The highest BCUT2D eigenvalue weighted by Crippen LogP contribution is 2.12. The monoisotopic (exact) mass is 235 g/mol. The van der Waals surface area contributed by atoms with Crippen molar-refractivity contribution in [2.45, 2.75) is 25.5 Å². The Morgan fingerprint density at radius 1 is 1.59 bits per heavy atom. The van der Waals surface area contributed by atoms with E-state index in [1.807, 2.05) is 13.0 Å².